The van der Waals surface area contributed by atoms with Gasteiger partial charge in [-0.25, -0.2) is 0 Å². The number of carbonyl (C=O) groups excluding carboxylic acids is 1. The Kier molecular flexibility index (Phi) is 4.14. The van der Waals surface area contributed by atoms with Crippen LogP contribution in [0.15, 0.2) is 41.5 Å². The number of amides is 1. The zero-order valence-corrected chi connectivity index (χ0v) is 14.5. The number of hydrogen-bond acceptors (Lipinski definition) is 5. The summed E-state index contributed by atoms with van der Waals surface area (Å²) in [5.74, 6) is 0.0997. The van der Waals surface area contributed by atoms with E-state index in [1.165, 1.54) is 0 Å². The lowest BCUT2D eigenvalue weighted by Gasteiger charge is -2.35. The normalized spacial score (nSPS) is 21.2. The molecule has 0 radical (unpaired) electrons. The Balaban J connectivity index is 1.48. The van der Waals surface area contributed by atoms with Crippen LogP contribution < -0.4 is 0 Å². The van der Waals surface area contributed by atoms with Gasteiger partial charge in [0.05, 0.1) is 12.1 Å². The van der Waals surface area contributed by atoms with Crippen LogP contribution in [-0.2, 0) is 0 Å². The Morgan fingerprint density at radius 1 is 1.17 bits per heavy atom. The molecular weight excluding hydrogens is 320 g/mol. The topological polar surface area (TPSA) is 48.8 Å². The summed E-state index contributed by atoms with van der Waals surface area (Å²) < 4.78 is 0. The minimum absolute atomic E-state index is 0.0997. The number of rotatable bonds is 1. The highest BCUT2D eigenvalue weighted by Crippen LogP contribution is 2.24. The first kappa shape index (κ1) is 15.4. The number of hydrogen-bond donors (Lipinski definition) is 0. The number of aliphatic imine (C=N–C) groups is 1. The van der Waals surface area contributed by atoms with E-state index in [4.69, 9.17) is 0 Å². The lowest BCUT2D eigenvalue weighted by atomic mass is 10.1. The molecule has 0 unspecified atom stereocenters. The highest BCUT2D eigenvalue weighted by atomic mass is 32.2. The Morgan fingerprint density at radius 3 is 2.75 bits per heavy atom. The van der Waals surface area contributed by atoms with E-state index >= 15 is 0 Å². The predicted octanol–water partition coefficient (Wildman–Crippen LogP) is 2.48. The number of amidine groups is 1. The number of aromatic nitrogens is 1. The molecule has 0 saturated carbocycles. The Morgan fingerprint density at radius 2 is 2.00 bits per heavy atom. The highest BCUT2D eigenvalue weighted by Gasteiger charge is 2.27. The van der Waals surface area contributed by atoms with Crippen LogP contribution in [-0.4, -0.2) is 63.8 Å². The summed E-state index contributed by atoms with van der Waals surface area (Å²) in [5.41, 5.74) is 1.61. The zero-order valence-electron chi connectivity index (χ0n) is 13.7. The molecule has 1 atom stereocenters. The quantitative estimate of drug-likeness (QED) is 0.800. The summed E-state index contributed by atoms with van der Waals surface area (Å²) in [6.45, 7) is 6.30. The number of nitrogens with zero attached hydrogens (tertiary/aromatic N) is 4. The second kappa shape index (κ2) is 6.43. The van der Waals surface area contributed by atoms with E-state index in [2.05, 4.69) is 21.8 Å². The molecule has 0 bridgehead atoms. The molecule has 1 aromatic carbocycles. The van der Waals surface area contributed by atoms with Crippen molar-refractivity contribution in [1.82, 2.24) is 14.8 Å². The fraction of sp³-hybridized carbons (Fsp3) is 0.389. The van der Waals surface area contributed by atoms with E-state index in [1.807, 2.05) is 47.0 Å². The molecule has 1 saturated heterocycles. The van der Waals surface area contributed by atoms with Gasteiger partial charge in [-0.3, -0.25) is 14.8 Å². The largest absolute Gasteiger partial charge is 0.348 e. The van der Waals surface area contributed by atoms with Crippen molar-refractivity contribution < 1.29 is 4.79 Å². The third-order valence-electron chi connectivity index (χ3n) is 4.50. The molecule has 1 amide bonds. The minimum atomic E-state index is 0.0997. The third kappa shape index (κ3) is 2.86. The van der Waals surface area contributed by atoms with Crippen molar-refractivity contribution in [1.29, 1.82) is 0 Å². The molecule has 3 heterocycles. The molecule has 24 heavy (non-hydrogen) atoms. The van der Waals surface area contributed by atoms with Gasteiger partial charge in [0.2, 0.25) is 0 Å². The summed E-state index contributed by atoms with van der Waals surface area (Å²) >= 11 is 1.84. The van der Waals surface area contributed by atoms with Crippen molar-refractivity contribution in [2.75, 3.05) is 32.7 Å². The number of pyridine rings is 1. The molecule has 5 nitrogen and oxygen atoms in total. The second-order valence-corrected chi connectivity index (χ2v) is 7.61. The van der Waals surface area contributed by atoms with Crippen molar-refractivity contribution in [3.8, 4) is 0 Å². The van der Waals surface area contributed by atoms with Gasteiger partial charge in [0, 0.05) is 48.6 Å². The van der Waals surface area contributed by atoms with Gasteiger partial charge in [-0.15, -0.1) is 0 Å². The number of benzene rings is 1. The molecule has 0 spiro atoms. The molecule has 1 aromatic heterocycles. The van der Waals surface area contributed by atoms with Crippen LogP contribution in [0.2, 0.25) is 0 Å². The third-order valence-corrected chi connectivity index (χ3v) is 5.65. The fourth-order valence-corrected chi connectivity index (χ4v) is 4.19. The van der Waals surface area contributed by atoms with Gasteiger partial charge < -0.3 is 9.80 Å². The maximum Gasteiger partial charge on any atom is 0.254 e. The van der Waals surface area contributed by atoms with Gasteiger partial charge >= 0.3 is 0 Å². The van der Waals surface area contributed by atoms with Gasteiger partial charge in [0.1, 0.15) is 0 Å². The fourth-order valence-electron chi connectivity index (χ4n) is 3.20. The lowest BCUT2D eigenvalue weighted by Crippen LogP contribution is -2.49. The van der Waals surface area contributed by atoms with Crippen molar-refractivity contribution in [2.24, 2.45) is 4.99 Å². The van der Waals surface area contributed by atoms with E-state index in [-0.39, 0.29) is 5.91 Å². The van der Waals surface area contributed by atoms with Gasteiger partial charge in [0.25, 0.3) is 5.91 Å². The summed E-state index contributed by atoms with van der Waals surface area (Å²) in [6.07, 6.45) is 1.76. The first-order chi connectivity index (χ1) is 11.7. The molecule has 124 valence electrons. The van der Waals surface area contributed by atoms with Crippen LogP contribution in [0.1, 0.15) is 17.3 Å². The van der Waals surface area contributed by atoms with Crippen LogP contribution in [0.4, 0.5) is 0 Å². The van der Waals surface area contributed by atoms with Gasteiger partial charge in [-0.2, -0.15) is 0 Å². The number of fused-ring (bicyclic) bond motifs is 1. The predicted molar refractivity (Wildman–Crippen MR) is 98.6 cm³/mol. The SMILES string of the molecule is C[C@@H]1CN=C(N2CCN(C(=O)c3cccc4ncccc34)CC2)S1. The molecule has 1 fully saturated rings. The van der Waals surface area contributed by atoms with E-state index in [0.717, 1.165) is 54.4 Å². The monoisotopic (exact) mass is 340 g/mol. The molecule has 2 aromatic rings. The first-order valence-corrected chi connectivity index (χ1v) is 9.19. The Bertz CT molecular complexity index is 793. The van der Waals surface area contributed by atoms with Crippen LogP contribution in [0, 0.1) is 0 Å². The second-order valence-electron chi connectivity index (χ2n) is 6.21. The van der Waals surface area contributed by atoms with Crippen molar-refractivity contribution >= 4 is 33.7 Å². The summed E-state index contributed by atoms with van der Waals surface area (Å²) in [5, 5.41) is 2.64. The average molecular weight is 340 g/mol. The summed E-state index contributed by atoms with van der Waals surface area (Å²) in [7, 11) is 0. The van der Waals surface area contributed by atoms with E-state index in [9.17, 15) is 4.79 Å². The van der Waals surface area contributed by atoms with Crippen molar-refractivity contribution in [3.63, 3.8) is 0 Å². The van der Waals surface area contributed by atoms with Crippen LogP contribution >= 0.6 is 11.8 Å². The smallest absolute Gasteiger partial charge is 0.254 e. The average Bonchev–Trinajstić information content (AvgIpc) is 3.07. The lowest BCUT2D eigenvalue weighted by molar-refractivity contribution is 0.0695. The molecule has 2 aliphatic rings. The van der Waals surface area contributed by atoms with Gasteiger partial charge in [-0.1, -0.05) is 30.8 Å². The first-order valence-electron chi connectivity index (χ1n) is 8.31. The van der Waals surface area contributed by atoms with E-state index in [1.54, 1.807) is 6.20 Å². The number of thioether (sulfide) groups is 1. The molecule has 0 aliphatic carbocycles. The minimum Gasteiger partial charge on any atom is -0.348 e. The highest BCUT2D eigenvalue weighted by molar-refractivity contribution is 8.14. The zero-order chi connectivity index (χ0) is 16.5. The molecule has 0 N–H and O–H groups in total. The van der Waals surface area contributed by atoms with E-state index < -0.39 is 0 Å². The summed E-state index contributed by atoms with van der Waals surface area (Å²) in [6, 6.07) is 9.60. The van der Waals surface area contributed by atoms with Crippen molar-refractivity contribution in [2.45, 2.75) is 12.2 Å². The van der Waals surface area contributed by atoms with Crippen molar-refractivity contribution in [3.05, 3.63) is 42.1 Å². The van der Waals surface area contributed by atoms with Crippen LogP contribution in [0.3, 0.4) is 0 Å². The molecule has 4 rings (SSSR count). The maximum absolute atomic E-state index is 12.9. The number of carbonyl (C=O) groups is 1. The Labute approximate surface area is 145 Å². The van der Waals surface area contributed by atoms with Crippen LogP contribution in [0.5, 0.6) is 0 Å². The number of piperazine rings is 1. The summed E-state index contributed by atoms with van der Waals surface area (Å²) in [4.78, 5) is 26.1. The van der Waals surface area contributed by atoms with Crippen LogP contribution in [0.25, 0.3) is 10.9 Å². The van der Waals surface area contributed by atoms with Gasteiger partial charge in [-0.05, 0) is 18.2 Å². The molecule has 2 aliphatic heterocycles. The molecule has 6 heteroatoms. The standard InChI is InChI=1S/C18H20N4OS/c1-13-12-20-18(24-13)22-10-8-21(9-11-22)17(23)15-4-2-6-16-14(15)5-3-7-19-16/h2-7,13H,8-12H2,1H3/t13-/m1/s1. The van der Waals surface area contributed by atoms with Gasteiger partial charge in [0.15, 0.2) is 5.17 Å². The van der Waals surface area contributed by atoms with E-state index in [0.29, 0.717) is 5.25 Å². The molecular formula is C18H20N4OS. The maximum atomic E-state index is 12.9. The Hall–Kier alpha value is -2.08.